The molecule has 0 saturated heterocycles. The Morgan fingerprint density at radius 2 is 0.919 bits per heavy atom. The predicted octanol–water partition coefficient (Wildman–Crippen LogP) is 16.9. The maximum atomic E-state index is 2.49. The SMILES string of the molecule is C/C=C\C1=C(C)C(C)(C)c2ccccc2N1c1ccc2c(-c3ccccc3)c3cc(N4c5ccccc5C(C)(C)c5ccccc54)ccc3c(-c3cccc4ccccc34)c2c1. The van der Waals surface area contributed by atoms with Crippen LogP contribution in [0.5, 0.6) is 0 Å². The minimum atomic E-state index is -0.143. The van der Waals surface area contributed by atoms with Crippen molar-refractivity contribution in [1.29, 1.82) is 0 Å². The Morgan fingerprint density at radius 1 is 0.419 bits per heavy atom. The quantitative estimate of drug-likeness (QED) is 0.160. The lowest BCUT2D eigenvalue weighted by molar-refractivity contribution is 0.605. The van der Waals surface area contributed by atoms with Crippen LogP contribution in [0.4, 0.5) is 28.4 Å². The summed E-state index contributed by atoms with van der Waals surface area (Å²) < 4.78 is 0. The number of nitrogens with zero attached hydrogens (tertiary/aromatic N) is 2. The number of rotatable bonds is 5. The maximum absolute atomic E-state index is 2.49. The van der Waals surface area contributed by atoms with E-state index in [2.05, 4.69) is 245 Å². The number of hydrogen-bond donors (Lipinski definition) is 0. The van der Waals surface area contributed by atoms with Gasteiger partial charge in [-0.3, -0.25) is 0 Å². The summed E-state index contributed by atoms with van der Waals surface area (Å²) in [7, 11) is 0. The van der Waals surface area contributed by atoms with Gasteiger partial charge in [-0.05, 0) is 139 Å². The van der Waals surface area contributed by atoms with E-state index < -0.39 is 0 Å². The van der Waals surface area contributed by atoms with Crippen molar-refractivity contribution in [3.05, 3.63) is 222 Å². The lowest BCUT2D eigenvalue weighted by Crippen LogP contribution is -2.32. The first-order valence-electron chi connectivity index (χ1n) is 22.0. The normalized spacial score (nSPS) is 15.3. The molecule has 0 N–H and O–H groups in total. The van der Waals surface area contributed by atoms with E-state index in [0.29, 0.717) is 0 Å². The highest BCUT2D eigenvalue weighted by Crippen LogP contribution is 2.55. The first kappa shape index (κ1) is 37.8. The molecule has 0 saturated carbocycles. The van der Waals surface area contributed by atoms with Gasteiger partial charge in [-0.1, -0.05) is 173 Å². The van der Waals surface area contributed by atoms with Crippen molar-refractivity contribution < 1.29 is 0 Å². The van der Waals surface area contributed by atoms with Gasteiger partial charge in [0, 0.05) is 27.9 Å². The molecule has 300 valence electrons. The van der Waals surface area contributed by atoms with Crippen LogP contribution in [0.25, 0.3) is 54.6 Å². The molecule has 0 fully saturated rings. The zero-order valence-corrected chi connectivity index (χ0v) is 36.4. The smallest absolute Gasteiger partial charge is 0.0502 e. The van der Waals surface area contributed by atoms with Crippen LogP contribution in [-0.4, -0.2) is 0 Å². The zero-order chi connectivity index (χ0) is 42.3. The van der Waals surface area contributed by atoms with Crippen LogP contribution in [0.15, 0.2) is 205 Å². The second kappa shape index (κ2) is 14.2. The van der Waals surface area contributed by atoms with Gasteiger partial charge in [-0.25, -0.2) is 0 Å². The van der Waals surface area contributed by atoms with E-state index in [0.717, 1.165) is 11.4 Å². The van der Waals surface area contributed by atoms with Gasteiger partial charge < -0.3 is 9.80 Å². The number of fused-ring (bicyclic) bond motifs is 6. The third-order valence-electron chi connectivity index (χ3n) is 14.1. The van der Waals surface area contributed by atoms with Crippen molar-refractivity contribution in [2.24, 2.45) is 0 Å². The lowest BCUT2D eigenvalue weighted by atomic mass is 9.73. The van der Waals surface area contributed by atoms with Gasteiger partial charge in [0.25, 0.3) is 0 Å². The largest absolute Gasteiger partial charge is 0.310 e. The van der Waals surface area contributed by atoms with E-state index in [1.807, 2.05) is 0 Å². The molecule has 62 heavy (non-hydrogen) atoms. The molecule has 2 heterocycles. The van der Waals surface area contributed by atoms with Crippen LogP contribution in [-0.2, 0) is 10.8 Å². The third-order valence-corrected chi connectivity index (χ3v) is 14.1. The molecule has 9 aromatic carbocycles. The Bertz CT molecular complexity index is 3270. The highest BCUT2D eigenvalue weighted by atomic mass is 15.2. The molecule has 2 heteroatoms. The zero-order valence-electron chi connectivity index (χ0n) is 36.4. The number of hydrogen-bond acceptors (Lipinski definition) is 2. The standard InChI is InChI=1S/C60H50N2/c1-7-20-53-39(2)59(3,4)50-27-13-16-30-54(50)61(53)42-33-35-46-49(38-42)58(45-26-19-24-40-21-11-12-25-44(40)45)47-36-34-43(37-48(47)57(46)41-22-9-8-10-23-41)62-55-31-17-14-28-51(55)60(5,6)52-29-15-18-32-56(52)62/h7-38H,1-6H3/b20-7-. The molecule has 0 unspecified atom stereocenters. The molecule has 11 rings (SSSR count). The van der Waals surface area contributed by atoms with Gasteiger partial charge in [0.05, 0.1) is 17.1 Å². The fourth-order valence-electron chi connectivity index (χ4n) is 10.7. The minimum Gasteiger partial charge on any atom is -0.310 e. The van der Waals surface area contributed by atoms with Crippen molar-refractivity contribution in [1.82, 2.24) is 0 Å². The summed E-state index contributed by atoms with van der Waals surface area (Å²) in [4.78, 5) is 4.98. The molecular formula is C60H50N2. The molecule has 0 amide bonds. The Labute approximate surface area is 365 Å². The molecule has 0 radical (unpaired) electrons. The summed E-state index contributed by atoms with van der Waals surface area (Å²) in [5.41, 5.74) is 17.2. The summed E-state index contributed by atoms with van der Waals surface area (Å²) in [5, 5.41) is 7.40. The number of para-hydroxylation sites is 3. The summed E-state index contributed by atoms with van der Waals surface area (Å²) in [6, 6.07) is 67.9. The Morgan fingerprint density at radius 3 is 1.56 bits per heavy atom. The van der Waals surface area contributed by atoms with Crippen LogP contribution in [0.2, 0.25) is 0 Å². The molecule has 0 aliphatic carbocycles. The lowest BCUT2D eigenvalue weighted by Gasteiger charge is -2.42. The monoisotopic (exact) mass is 798 g/mol. The van der Waals surface area contributed by atoms with Gasteiger partial charge in [0.1, 0.15) is 0 Å². The number of anilines is 5. The topological polar surface area (TPSA) is 6.48 Å². The van der Waals surface area contributed by atoms with Gasteiger partial charge in [-0.2, -0.15) is 0 Å². The van der Waals surface area contributed by atoms with Crippen LogP contribution in [0, 0.1) is 0 Å². The Hall–Kier alpha value is -7.16. The number of benzene rings is 9. The average molecular weight is 799 g/mol. The van der Waals surface area contributed by atoms with E-state index in [1.165, 1.54) is 99.6 Å². The van der Waals surface area contributed by atoms with Crippen molar-refractivity contribution in [3.8, 4) is 22.3 Å². The molecule has 0 spiro atoms. The summed E-state index contributed by atoms with van der Waals surface area (Å²) in [6.07, 6.45) is 4.47. The van der Waals surface area contributed by atoms with Crippen molar-refractivity contribution in [3.63, 3.8) is 0 Å². The molecule has 2 nitrogen and oxygen atoms in total. The highest BCUT2D eigenvalue weighted by molar-refractivity contribution is 6.24. The molecule has 0 atom stereocenters. The second-order valence-corrected chi connectivity index (χ2v) is 18.1. The van der Waals surface area contributed by atoms with E-state index in [9.17, 15) is 0 Å². The first-order chi connectivity index (χ1) is 30.2. The van der Waals surface area contributed by atoms with E-state index >= 15 is 0 Å². The highest BCUT2D eigenvalue weighted by Gasteiger charge is 2.38. The molecule has 0 bridgehead atoms. The van der Waals surface area contributed by atoms with E-state index in [-0.39, 0.29) is 10.8 Å². The molecule has 2 aliphatic rings. The summed E-state index contributed by atoms with van der Waals surface area (Å²) >= 11 is 0. The van der Waals surface area contributed by atoms with Crippen LogP contribution in [0.3, 0.4) is 0 Å². The summed E-state index contributed by atoms with van der Waals surface area (Å²) in [6.45, 7) is 13.9. The molecule has 0 aromatic heterocycles. The second-order valence-electron chi connectivity index (χ2n) is 18.1. The Balaban J connectivity index is 1.27. The van der Waals surface area contributed by atoms with Crippen molar-refractivity contribution in [2.75, 3.05) is 9.80 Å². The van der Waals surface area contributed by atoms with Crippen LogP contribution < -0.4 is 9.80 Å². The maximum Gasteiger partial charge on any atom is 0.0502 e. The first-order valence-corrected chi connectivity index (χ1v) is 22.0. The molecular weight excluding hydrogens is 749 g/mol. The fourth-order valence-corrected chi connectivity index (χ4v) is 10.7. The van der Waals surface area contributed by atoms with Crippen molar-refractivity contribution in [2.45, 2.75) is 52.4 Å². The van der Waals surface area contributed by atoms with Crippen molar-refractivity contribution >= 4 is 60.8 Å². The van der Waals surface area contributed by atoms with Gasteiger partial charge >= 0.3 is 0 Å². The Kier molecular flexibility index (Phi) is 8.67. The van der Waals surface area contributed by atoms with E-state index in [4.69, 9.17) is 0 Å². The predicted molar refractivity (Wildman–Crippen MR) is 266 cm³/mol. The molecule has 9 aromatic rings. The third kappa shape index (κ3) is 5.56. The van der Waals surface area contributed by atoms with Crippen LogP contribution >= 0.6 is 0 Å². The van der Waals surface area contributed by atoms with Crippen LogP contribution in [0.1, 0.15) is 58.2 Å². The minimum absolute atomic E-state index is 0.119. The number of allylic oxidation sites excluding steroid dienone is 3. The van der Waals surface area contributed by atoms with Gasteiger partial charge in [0.2, 0.25) is 0 Å². The van der Waals surface area contributed by atoms with E-state index in [1.54, 1.807) is 0 Å². The summed E-state index contributed by atoms with van der Waals surface area (Å²) in [5.74, 6) is 0. The van der Waals surface area contributed by atoms with Gasteiger partial charge in [-0.15, -0.1) is 0 Å². The fraction of sp³-hybridized carbons (Fsp3) is 0.133. The van der Waals surface area contributed by atoms with Gasteiger partial charge in [0.15, 0.2) is 0 Å². The average Bonchev–Trinajstić information content (AvgIpc) is 3.30. The molecule has 2 aliphatic heterocycles.